The third-order valence-electron chi connectivity index (χ3n) is 6.95. The molecule has 1 heterocycles. The molecule has 0 bridgehead atoms. The van der Waals surface area contributed by atoms with Crippen molar-refractivity contribution in [3.8, 4) is 0 Å². The Labute approximate surface area is 169 Å². The smallest absolute Gasteiger partial charge is 0.310 e. The SMILES string of the molecule is CCC(=Cc1ccccc1)C1C[C@@H]1NC1CC2(C1)CN(CC(C)(C)C(=O)O)C2. The molecular weight excluding hydrogens is 348 g/mol. The normalized spacial score (nSPS) is 27.3. The van der Waals surface area contributed by atoms with Crippen molar-refractivity contribution < 1.29 is 9.90 Å². The molecule has 0 aromatic heterocycles. The highest BCUT2D eigenvalue weighted by Gasteiger charge is 2.54. The van der Waals surface area contributed by atoms with Crippen molar-refractivity contribution in [1.29, 1.82) is 0 Å². The van der Waals surface area contributed by atoms with Crippen LogP contribution in [-0.2, 0) is 4.79 Å². The van der Waals surface area contributed by atoms with Gasteiger partial charge < -0.3 is 15.3 Å². The summed E-state index contributed by atoms with van der Waals surface area (Å²) in [6.07, 6.45) is 7.28. The predicted molar refractivity (Wildman–Crippen MR) is 113 cm³/mol. The van der Waals surface area contributed by atoms with E-state index in [4.69, 9.17) is 0 Å². The maximum Gasteiger partial charge on any atom is 0.310 e. The van der Waals surface area contributed by atoms with Crippen LogP contribution in [0, 0.1) is 16.7 Å². The Morgan fingerprint density at radius 2 is 1.96 bits per heavy atom. The van der Waals surface area contributed by atoms with Gasteiger partial charge in [0.25, 0.3) is 0 Å². The van der Waals surface area contributed by atoms with Gasteiger partial charge >= 0.3 is 5.97 Å². The first-order chi connectivity index (χ1) is 13.3. The molecule has 4 heteroatoms. The average Bonchev–Trinajstić information content (AvgIpc) is 3.35. The molecule has 4 rings (SSSR count). The van der Waals surface area contributed by atoms with E-state index in [-0.39, 0.29) is 0 Å². The van der Waals surface area contributed by atoms with E-state index in [0.717, 1.165) is 19.5 Å². The van der Waals surface area contributed by atoms with E-state index >= 15 is 0 Å². The summed E-state index contributed by atoms with van der Waals surface area (Å²) in [5.74, 6) is 0.00711. The van der Waals surface area contributed by atoms with Crippen molar-refractivity contribution in [2.75, 3.05) is 19.6 Å². The fraction of sp³-hybridized carbons (Fsp3) is 0.625. The Morgan fingerprint density at radius 1 is 1.29 bits per heavy atom. The lowest BCUT2D eigenvalue weighted by molar-refractivity contribution is -0.152. The standard InChI is InChI=1S/C24H34N2O2/c1-4-18(10-17-8-6-5-7-9-17)20-11-21(20)25-19-12-24(13-19)15-26(16-24)14-23(2,3)22(27)28/h5-10,19-21,25H,4,11-16H2,1-3H3,(H,27,28)/t20?,21-/m0/s1. The van der Waals surface area contributed by atoms with Gasteiger partial charge in [-0.2, -0.15) is 0 Å². The summed E-state index contributed by atoms with van der Waals surface area (Å²) < 4.78 is 0. The van der Waals surface area contributed by atoms with Crippen molar-refractivity contribution in [1.82, 2.24) is 10.2 Å². The van der Waals surface area contributed by atoms with E-state index in [1.807, 2.05) is 13.8 Å². The van der Waals surface area contributed by atoms with Crippen molar-refractivity contribution in [3.05, 3.63) is 41.5 Å². The average molecular weight is 383 g/mol. The minimum absolute atomic E-state index is 0.462. The lowest BCUT2D eigenvalue weighted by atomic mass is 9.60. The Bertz CT molecular complexity index is 741. The second-order valence-electron chi connectivity index (χ2n) is 10.0. The summed E-state index contributed by atoms with van der Waals surface area (Å²) in [5, 5.41) is 13.2. The van der Waals surface area contributed by atoms with Crippen LogP contribution >= 0.6 is 0 Å². The van der Waals surface area contributed by atoms with E-state index < -0.39 is 11.4 Å². The maximum absolute atomic E-state index is 11.3. The monoisotopic (exact) mass is 382 g/mol. The topological polar surface area (TPSA) is 52.6 Å². The molecule has 1 saturated heterocycles. The fourth-order valence-corrected chi connectivity index (χ4v) is 5.33. The first-order valence-electron chi connectivity index (χ1n) is 10.8. The molecule has 1 aliphatic heterocycles. The van der Waals surface area contributed by atoms with Crippen LogP contribution in [0.4, 0.5) is 0 Å². The number of hydrogen-bond donors (Lipinski definition) is 2. The molecule has 1 aromatic rings. The molecule has 0 amide bonds. The molecule has 3 fully saturated rings. The van der Waals surface area contributed by atoms with Gasteiger partial charge in [-0.1, -0.05) is 48.9 Å². The fourth-order valence-electron chi connectivity index (χ4n) is 5.33. The Balaban J connectivity index is 1.21. The Kier molecular flexibility index (Phi) is 5.13. The molecule has 1 spiro atoms. The van der Waals surface area contributed by atoms with Gasteiger partial charge in [-0.15, -0.1) is 0 Å². The van der Waals surface area contributed by atoms with Crippen molar-refractivity contribution in [2.45, 2.75) is 58.5 Å². The highest BCUT2D eigenvalue weighted by molar-refractivity contribution is 5.73. The summed E-state index contributed by atoms with van der Waals surface area (Å²) in [5.41, 5.74) is 2.70. The molecule has 1 unspecified atom stereocenters. The first kappa shape index (κ1) is 19.7. The van der Waals surface area contributed by atoms with Gasteiger partial charge in [0.1, 0.15) is 0 Å². The number of likely N-dealkylation sites (tertiary alicyclic amines) is 1. The van der Waals surface area contributed by atoms with Crippen LogP contribution in [0.3, 0.4) is 0 Å². The van der Waals surface area contributed by atoms with Crippen molar-refractivity contribution >= 4 is 12.0 Å². The van der Waals surface area contributed by atoms with Crippen LogP contribution in [0.1, 0.15) is 52.0 Å². The molecule has 0 radical (unpaired) electrons. The number of nitrogens with one attached hydrogen (secondary N) is 1. The Morgan fingerprint density at radius 3 is 2.57 bits per heavy atom. The molecule has 2 aliphatic carbocycles. The van der Waals surface area contributed by atoms with Crippen LogP contribution < -0.4 is 5.32 Å². The van der Waals surface area contributed by atoms with Gasteiger partial charge in [-0.3, -0.25) is 4.79 Å². The van der Waals surface area contributed by atoms with Gasteiger partial charge in [0, 0.05) is 31.7 Å². The van der Waals surface area contributed by atoms with Crippen molar-refractivity contribution in [3.63, 3.8) is 0 Å². The Hall–Kier alpha value is -1.65. The van der Waals surface area contributed by atoms with Crippen LogP contribution in [0.5, 0.6) is 0 Å². The zero-order valence-electron chi connectivity index (χ0n) is 17.4. The quantitative estimate of drug-likeness (QED) is 0.713. The number of aliphatic carboxylic acids is 1. The number of benzene rings is 1. The van der Waals surface area contributed by atoms with E-state index in [1.54, 1.807) is 5.57 Å². The molecule has 2 atom stereocenters. The summed E-state index contributed by atoms with van der Waals surface area (Å²) in [7, 11) is 0. The van der Waals surface area contributed by atoms with Crippen molar-refractivity contribution in [2.24, 2.45) is 16.7 Å². The molecule has 28 heavy (non-hydrogen) atoms. The highest BCUT2D eigenvalue weighted by atomic mass is 16.4. The van der Waals surface area contributed by atoms with Gasteiger partial charge in [-0.25, -0.2) is 0 Å². The molecule has 4 nitrogen and oxygen atoms in total. The molecule has 3 aliphatic rings. The number of carboxylic acids is 1. The number of hydrogen-bond acceptors (Lipinski definition) is 3. The van der Waals surface area contributed by atoms with E-state index in [0.29, 0.717) is 30.0 Å². The molecule has 2 N–H and O–H groups in total. The second-order valence-corrected chi connectivity index (χ2v) is 10.0. The van der Waals surface area contributed by atoms with Crippen LogP contribution in [0.15, 0.2) is 35.9 Å². The zero-order chi connectivity index (χ0) is 19.9. The van der Waals surface area contributed by atoms with E-state index in [1.165, 1.54) is 24.8 Å². The van der Waals surface area contributed by atoms with Crippen LogP contribution in [-0.4, -0.2) is 47.7 Å². The number of nitrogens with zero attached hydrogens (tertiary/aromatic N) is 1. The van der Waals surface area contributed by atoms with Gasteiger partial charge in [-0.05, 0) is 56.4 Å². The third kappa shape index (κ3) is 4.04. The van der Waals surface area contributed by atoms with Crippen LogP contribution in [0.25, 0.3) is 6.08 Å². The first-order valence-corrected chi connectivity index (χ1v) is 10.8. The maximum atomic E-state index is 11.3. The van der Waals surface area contributed by atoms with E-state index in [9.17, 15) is 9.90 Å². The second kappa shape index (κ2) is 7.31. The van der Waals surface area contributed by atoms with Crippen LogP contribution in [0.2, 0.25) is 0 Å². The van der Waals surface area contributed by atoms with Gasteiger partial charge in [0.2, 0.25) is 0 Å². The lowest BCUT2D eigenvalue weighted by Gasteiger charge is -2.60. The summed E-state index contributed by atoms with van der Waals surface area (Å²) >= 11 is 0. The summed E-state index contributed by atoms with van der Waals surface area (Å²) in [4.78, 5) is 13.6. The minimum atomic E-state index is -0.698. The number of rotatable bonds is 8. The molecule has 1 aromatic carbocycles. The lowest BCUT2D eigenvalue weighted by Crippen LogP contribution is -2.67. The number of carbonyl (C=O) groups is 1. The largest absolute Gasteiger partial charge is 0.481 e. The molecule has 152 valence electrons. The molecular formula is C24H34N2O2. The van der Waals surface area contributed by atoms with Gasteiger partial charge in [0.15, 0.2) is 0 Å². The summed E-state index contributed by atoms with van der Waals surface area (Å²) in [6.45, 7) is 8.73. The number of carboxylic acid groups (broad SMARTS) is 1. The third-order valence-corrected chi connectivity index (χ3v) is 6.95. The zero-order valence-corrected chi connectivity index (χ0v) is 17.4. The minimum Gasteiger partial charge on any atom is -0.481 e. The predicted octanol–water partition coefficient (Wildman–Crippen LogP) is 4.03. The van der Waals surface area contributed by atoms with Gasteiger partial charge in [0.05, 0.1) is 5.41 Å². The van der Waals surface area contributed by atoms with E-state index in [2.05, 4.69) is 53.5 Å². The summed E-state index contributed by atoms with van der Waals surface area (Å²) in [6, 6.07) is 12.0. The highest BCUT2D eigenvalue weighted by Crippen LogP contribution is 2.50. The molecule has 2 saturated carbocycles.